The van der Waals surface area contributed by atoms with Crippen LogP contribution in [0.4, 0.5) is 22.0 Å². The van der Waals surface area contributed by atoms with E-state index in [4.69, 9.17) is 4.74 Å². The first-order chi connectivity index (χ1) is 16.0. The third-order valence-electron chi connectivity index (χ3n) is 6.33. The highest BCUT2D eigenvalue weighted by atomic mass is 19.3. The highest BCUT2D eigenvalue weighted by Gasteiger charge is 2.58. The summed E-state index contributed by atoms with van der Waals surface area (Å²) in [6, 6.07) is -0.442. The molecule has 1 saturated heterocycles. The number of fused-ring (bicyclic) bond motifs is 3. The van der Waals surface area contributed by atoms with Gasteiger partial charge in [0.2, 0.25) is 5.43 Å². The van der Waals surface area contributed by atoms with Crippen molar-refractivity contribution in [2.75, 3.05) is 20.3 Å². The van der Waals surface area contributed by atoms with Gasteiger partial charge >= 0.3 is 0 Å². The van der Waals surface area contributed by atoms with E-state index in [0.29, 0.717) is 12.1 Å². The second-order valence-corrected chi connectivity index (χ2v) is 8.00. The number of aromatic nitrogens is 1. The number of hydrogen-bond acceptors (Lipinski definition) is 5. The Bertz CT molecular complexity index is 1230. The van der Waals surface area contributed by atoms with E-state index in [0.717, 1.165) is 22.7 Å². The largest absolute Gasteiger partial charge is 0.503 e. The molecule has 1 aromatic heterocycles. The van der Waals surface area contributed by atoms with Crippen LogP contribution in [-0.4, -0.2) is 58.6 Å². The molecule has 2 aromatic rings. The van der Waals surface area contributed by atoms with Gasteiger partial charge in [-0.3, -0.25) is 14.4 Å². The van der Waals surface area contributed by atoms with Crippen molar-refractivity contribution in [2.45, 2.75) is 31.0 Å². The molecule has 2 amide bonds. The average Bonchev–Trinajstić information content (AvgIpc) is 2.78. The summed E-state index contributed by atoms with van der Waals surface area (Å²) >= 11 is 0. The maximum atomic E-state index is 14.3. The Morgan fingerprint density at radius 3 is 2.53 bits per heavy atom. The number of nitrogens with zero attached hydrogens (tertiary/aromatic N) is 2. The fourth-order valence-corrected chi connectivity index (χ4v) is 4.45. The summed E-state index contributed by atoms with van der Waals surface area (Å²) in [5, 5.41) is 12.5. The molecule has 182 valence electrons. The van der Waals surface area contributed by atoms with Gasteiger partial charge in [-0.25, -0.2) is 22.0 Å². The Balaban J connectivity index is 1.76. The van der Waals surface area contributed by atoms with Gasteiger partial charge in [0.25, 0.3) is 18.2 Å². The Kier molecular flexibility index (Phi) is 5.84. The molecule has 1 fully saturated rings. The predicted molar refractivity (Wildman–Crippen MR) is 105 cm³/mol. The van der Waals surface area contributed by atoms with Crippen LogP contribution in [0.25, 0.3) is 0 Å². The van der Waals surface area contributed by atoms with E-state index < -0.39 is 81.8 Å². The van der Waals surface area contributed by atoms with Gasteiger partial charge in [-0.15, -0.1) is 0 Å². The van der Waals surface area contributed by atoms with E-state index >= 15 is 0 Å². The molecule has 0 saturated carbocycles. The summed E-state index contributed by atoms with van der Waals surface area (Å²) in [7, 11) is 1.13. The van der Waals surface area contributed by atoms with Crippen LogP contribution in [0.5, 0.6) is 5.75 Å². The minimum Gasteiger partial charge on any atom is -0.503 e. The van der Waals surface area contributed by atoms with Crippen LogP contribution < -0.4 is 10.7 Å². The van der Waals surface area contributed by atoms with Gasteiger partial charge < -0.3 is 24.6 Å². The Hall–Kier alpha value is -3.48. The number of hydrogen-bond donors (Lipinski definition) is 2. The van der Waals surface area contributed by atoms with Crippen molar-refractivity contribution in [3.63, 3.8) is 0 Å². The van der Waals surface area contributed by atoms with Crippen LogP contribution >= 0.6 is 0 Å². The molecule has 3 heterocycles. The first-order valence-electron chi connectivity index (χ1n) is 10.0. The predicted octanol–water partition coefficient (Wildman–Crippen LogP) is 1.95. The van der Waals surface area contributed by atoms with Crippen molar-refractivity contribution in [3.05, 3.63) is 62.8 Å². The number of carbonyl (C=O) groups is 2. The van der Waals surface area contributed by atoms with Gasteiger partial charge in [0.1, 0.15) is 28.6 Å². The Morgan fingerprint density at radius 1 is 1.26 bits per heavy atom. The van der Waals surface area contributed by atoms with Crippen LogP contribution in [0.15, 0.2) is 23.1 Å². The summed E-state index contributed by atoms with van der Waals surface area (Å²) in [5.74, 6) is -7.12. The molecule has 13 heteroatoms. The van der Waals surface area contributed by atoms with Crippen molar-refractivity contribution >= 4 is 11.8 Å². The van der Waals surface area contributed by atoms with Crippen molar-refractivity contribution in [3.8, 4) is 5.75 Å². The standard InChI is InChI=1S/C21H18F5N3O5/c1-28-19(33)15-17(31)16(30)11(7-29(15)14-8-34-3-2-21(14,28)20(25)26)18(32)27-6-10-12(23)4-9(22)5-13(10)24/h4-5,7,14,20,31H,2-3,6,8H2,1H3,(H,27,32)/t14-,21+/m0/s1. The molecular formula is C21H18F5N3O5. The number of amides is 2. The van der Waals surface area contributed by atoms with E-state index in [1.165, 1.54) is 0 Å². The molecule has 0 spiro atoms. The van der Waals surface area contributed by atoms with E-state index in [1.807, 2.05) is 0 Å². The smallest absolute Gasteiger partial charge is 0.274 e. The highest BCUT2D eigenvalue weighted by molar-refractivity contribution is 5.99. The molecule has 4 rings (SSSR count). The minimum atomic E-state index is -3.02. The van der Waals surface area contributed by atoms with Gasteiger partial charge in [0.05, 0.1) is 12.6 Å². The summed E-state index contributed by atoms with van der Waals surface area (Å²) < 4.78 is 75.5. The van der Waals surface area contributed by atoms with Crippen LogP contribution in [-0.2, 0) is 11.3 Å². The molecule has 2 aliphatic heterocycles. The first kappa shape index (κ1) is 23.7. The molecule has 2 N–H and O–H groups in total. The van der Waals surface area contributed by atoms with Crippen LogP contribution in [0.1, 0.15) is 38.9 Å². The van der Waals surface area contributed by atoms with Crippen molar-refractivity contribution < 1.29 is 41.4 Å². The monoisotopic (exact) mass is 487 g/mol. The number of rotatable bonds is 4. The third-order valence-corrected chi connectivity index (χ3v) is 6.33. The molecular weight excluding hydrogens is 469 g/mol. The topological polar surface area (TPSA) is 101 Å². The van der Waals surface area contributed by atoms with Crippen LogP contribution in [0.2, 0.25) is 0 Å². The van der Waals surface area contributed by atoms with Crippen molar-refractivity contribution in [1.82, 2.24) is 14.8 Å². The lowest BCUT2D eigenvalue weighted by atomic mass is 9.81. The number of pyridine rings is 1. The number of nitrogens with one attached hydrogen (secondary N) is 1. The summed E-state index contributed by atoms with van der Waals surface area (Å²) in [5.41, 5.74) is -5.34. The average molecular weight is 487 g/mol. The summed E-state index contributed by atoms with van der Waals surface area (Å²) in [4.78, 5) is 38.9. The lowest BCUT2D eigenvalue weighted by molar-refractivity contribution is -0.129. The molecule has 2 atom stereocenters. The maximum Gasteiger partial charge on any atom is 0.274 e. The minimum absolute atomic E-state index is 0.0673. The number of halogens is 5. The molecule has 8 nitrogen and oxygen atoms in total. The normalized spacial score (nSPS) is 21.9. The van der Waals surface area contributed by atoms with Gasteiger partial charge in [0.15, 0.2) is 11.4 Å². The third kappa shape index (κ3) is 3.42. The zero-order valence-electron chi connectivity index (χ0n) is 17.6. The molecule has 2 aliphatic rings. The molecule has 34 heavy (non-hydrogen) atoms. The molecule has 0 aliphatic carbocycles. The number of benzene rings is 1. The van der Waals surface area contributed by atoms with E-state index in [-0.39, 0.29) is 19.6 Å². The number of aromatic hydroxyl groups is 1. The van der Waals surface area contributed by atoms with Crippen molar-refractivity contribution in [1.29, 1.82) is 0 Å². The lowest BCUT2D eigenvalue weighted by Crippen LogP contribution is -2.66. The fraction of sp³-hybridized carbons (Fsp3) is 0.381. The fourth-order valence-electron chi connectivity index (χ4n) is 4.45. The molecule has 1 aromatic carbocycles. The lowest BCUT2D eigenvalue weighted by Gasteiger charge is -2.53. The zero-order chi connectivity index (χ0) is 24.9. The summed E-state index contributed by atoms with van der Waals surface area (Å²) in [6.07, 6.45) is -2.42. The molecule has 0 radical (unpaired) electrons. The summed E-state index contributed by atoms with van der Waals surface area (Å²) in [6.45, 7) is -1.15. The Morgan fingerprint density at radius 2 is 1.91 bits per heavy atom. The van der Waals surface area contributed by atoms with Gasteiger partial charge in [-0.2, -0.15) is 0 Å². The number of ether oxygens (including phenoxy) is 1. The van der Waals surface area contributed by atoms with E-state index in [1.54, 1.807) is 0 Å². The second-order valence-electron chi connectivity index (χ2n) is 8.00. The quantitative estimate of drug-likeness (QED) is 0.643. The highest BCUT2D eigenvalue weighted by Crippen LogP contribution is 2.45. The second kappa shape index (κ2) is 8.38. The van der Waals surface area contributed by atoms with Gasteiger partial charge in [0, 0.05) is 50.5 Å². The van der Waals surface area contributed by atoms with Crippen molar-refractivity contribution in [2.24, 2.45) is 0 Å². The Labute approximate surface area is 188 Å². The maximum absolute atomic E-state index is 14.3. The molecule has 0 bridgehead atoms. The van der Waals surface area contributed by atoms with Crippen LogP contribution in [0.3, 0.4) is 0 Å². The van der Waals surface area contributed by atoms with E-state index in [2.05, 4.69) is 5.32 Å². The van der Waals surface area contributed by atoms with E-state index in [9.17, 15) is 41.4 Å². The number of carbonyl (C=O) groups excluding carboxylic acids is 2. The number of alkyl halides is 2. The first-order valence-corrected chi connectivity index (χ1v) is 10.0. The SMILES string of the molecule is CN1C(=O)c2c(O)c(=O)c(C(=O)NCc3c(F)cc(F)cc3F)cn2[C@H]2COCC[C@]21C(F)F. The van der Waals surface area contributed by atoms with Gasteiger partial charge in [-0.05, 0) is 0 Å². The van der Waals surface area contributed by atoms with Gasteiger partial charge in [-0.1, -0.05) is 0 Å². The molecule has 0 unspecified atom stereocenters. The number of likely N-dealkylation sites (N-methyl/N-ethyl adjacent to an activating group) is 1. The zero-order valence-corrected chi connectivity index (χ0v) is 17.6. The van der Waals surface area contributed by atoms with Crippen LogP contribution in [0, 0.1) is 17.5 Å².